The summed E-state index contributed by atoms with van der Waals surface area (Å²) in [5.74, 6) is 0.910. The highest BCUT2D eigenvalue weighted by molar-refractivity contribution is 6.32. The molecule has 1 fully saturated rings. The number of nitrogens with one attached hydrogen (secondary N) is 1. The predicted octanol–water partition coefficient (Wildman–Crippen LogP) is 2.86. The summed E-state index contributed by atoms with van der Waals surface area (Å²) in [6.07, 6.45) is 0.379. The van der Waals surface area contributed by atoms with Crippen molar-refractivity contribution in [2.24, 2.45) is 0 Å². The highest BCUT2D eigenvalue weighted by Crippen LogP contribution is 2.37. The summed E-state index contributed by atoms with van der Waals surface area (Å²) in [7, 11) is 1.53. The molecule has 1 heterocycles. The second-order valence-corrected chi connectivity index (χ2v) is 5.32. The molecule has 0 bridgehead atoms. The maximum absolute atomic E-state index is 11.5. The van der Waals surface area contributed by atoms with Crippen molar-refractivity contribution in [3.8, 4) is 11.5 Å². The fourth-order valence-electron chi connectivity index (χ4n) is 1.58. The number of hydrogen-bond acceptors (Lipinski definition) is 4. The van der Waals surface area contributed by atoms with E-state index in [0.717, 1.165) is 0 Å². The van der Waals surface area contributed by atoms with E-state index in [1.165, 1.54) is 7.11 Å². The van der Waals surface area contributed by atoms with Crippen molar-refractivity contribution in [2.45, 2.75) is 25.9 Å². The topological polar surface area (TPSA) is 60.1 Å². The molecule has 20 heavy (non-hydrogen) atoms. The van der Waals surface area contributed by atoms with Crippen LogP contribution in [0.2, 0.25) is 5.02 Å². The Morgan fingerprint density at radius 3 is 2.75 bits per heavy atom. The van der Waals surface area contributed by atoms with Gasteiger partial charge in [0.2, 0.25) is 5.91 Å². The van der Waals surface area contributed by atoms with Gasteiger partial charge in [0, 0.05) is 12.5 Å². The molecule has 1 unspecified atom stereocenters. The third-order valence-electron chi connectivity index (χ3n) is 3.02. The summed E-state index contributed by atoms with van der Waals surface area (Å²) in [6, 6.07) is 3.29. The third kappa shape index (κ3) is 3.55. The first-order valence-electron chi connectivity index (χ1n) is 6.41. The first-order valence-corrected chi connectivity index (χ1v) is 6.79. The van der Waals surface area contributed by atoms with Gasteiger partial charge in [0.25, 0.3) is 0 Å². The fourth-order valence-corrected chi connectivity index (χ4v) is 1.82. The Balaban J connectivity index is 2.21. The Labute approximate surface area is 123 Å². The number of rotatable bonds is 6. The highest BCUT2D eigenvalue weighted by atomic mass is 35.5. The van der Waals surface area contributed by atoms with Crippen molar-refractivity contribution >= 4 is 23.2 Å². The first kappa shape index (κ1) is 14.9. The van der Waals surface area contributed by atoms with Gasteiger partial charge in [-0.25, -0.2) is 0 Å². The van der Waals surface area contributed by atoms with E-state index in [9.17, 15) is 4.79 Å². The number of anilines is 1. The lowest BCUT2D eigenvalue weighted by atomic mass is 10.2. The van der Waals surface area contributed by atoms with Gasteiger partial charge in [0.1, 0.15) is 23.7 Å². The van der Waals surface area contributed by atoms with E-state index in [1.807, 2.05) is 6.92 Å². The quantitative estimate of drug-likeness (QED) is 0.821. The largest absolute Gasteiger partial charge is 0.495 e. The second kappa shape index (κ2) is 5.89. The third-order valence-corrected chi connectivity index (χ3v) is 3.31. The van der Waals surface area contributed by atoms with Crippen LogP contribution in [0.5, 0.6) is 11.5 Å². The maximum atomic E-state index is 11.5. The van der Waals surface area contributed by atoms with E-state index in [-0.39, 0.29) is 11.5 Å². The molecule has 110 valence electrons. The fraction of sp³-hybridized carbons (Fsp3) is 0.500. The molecule has 6 heteroatoms. The Kier molecular flexibility index (Phi) is 4.40. The number of halogens is 1. The van der Waals surface area contributed by atoms with Crippen molar-refractivity contribution in [3.05, 3.63) is 17.2 Å². The van der Waals surface area contributed by atoms with Gasteiger partial charge in [-0.1, -0.05) is 18.5 Å². The van der Waals surface area contributed by atoms with Crippen LogP contribution in [-0.2, 0) is 9.53 Å². The van der Waals surface area contributed by atoms with Crippen LogP contribution in [0.25, 0.3) is 0 Å². The molecule has 1 aliphatic heterocycles. The van der Waals surface area contributed by atoms with Crippen LogP contribution in [-0.4, -0.2) is 31.8 Å². The number of carbonyl (C=O) groups is 1. The van der Waals surface area contributed by atoms with Crippen LogP contribution in [0, 0.1) is 0 Å². The smallest absolute Gasteiger partial charge is 0.224 e. The Morgan fingerprint density at radius 1 is 1.50 bits per heavy atom. The molecule has 0 spiro atoms. The van der Waals surface area contributed by atoms with E-state index in [0.29, 0.717) is 41.8 Å². The van der Waals surface area contributed by atoms with Crippen LogP contribution < -0.4 is 14.8 Å². The van der Waals surface area contributed by atoms with Crippen LogP contribution >= 0.6 is 11.6 Å². The Hall–Kier alpha value is -1.46. The molecule has 1 aromatic rings. The molecule has 0 radical (unpaired) electrons. The molecule has 0 saturated carbocycles. The minimum Gasteiger partial charge on any atom is -0.495 e. The highest BCUT2D eigenvalue weighted by Gasteiger charge is 2.40. The average Bonchev–Trinajstić information content (AvgIpc) is 3.16. The average molecular weight is 300 g/mol. The molecular weight excluding hydrogens is 282 g/mol. The van der Waals surface area contributed by atoms with Crippen molar-refractivity contribution in [3.63, 3.8) is 0 Å². The van der Waals surface area contributed by atoms with E-state index >= 15 is 0 Å². The molecule has 1 aromatic carbocycles. The zero-order valence-electron chi connectivity index (χ0n) is 11.8. The van der Waals surface area contributed by atoms with Crippen molar-refractivity contribution in [1.29, 1.82) is 0 Å². The molecule has 2 rings (SSSR count). The number of methoxy groups -OCH3 is 1. The Morgan fingerprint density at radius 2 is 2.20 bits per heavy atom. The van der Waals surface area contributed by atoms with E-state index in [4.69, 9.17) is 25.8 Å². The maximum Gasteiger partial charge on any atom is 0.224 e. The summed E-state index contributed by atoms with van der Waals surface area (Å²) in [5, 5.41) is 3.18. The number of ether oxygens (including phenoxy) is 3. The monoisotopic (exact) mass is 299 g/mol. The Bertz CT molecular complexity index is 514. The zero-order valence-corrected chi connectivity index (χ0v) is 12.5. The van der Waals surface area contributed by atoms with E-state index in [2.05, 4.69) is 5.32 Å². The number of amides is 1. The summed E-state index contributed by atoms with van der Waals surface area (Å²) in [5.41, 5.74) is 0.297. The number of benzene rings is 1. The van der Waals surface area contributed by atoms with Gasteiger partial charge in [0.15, 0.2) is 0 Å². The van der Waals surface area contributed by atoms with Gasteiger partial charge in [-0.15, -0.1) is 0 Å². The van der Waals surface area contributed by atoms with Crippen LogP contribution in [0.15, 0.2) is 12.1 Å². The normalized spacial score (nSPS) is 20.4. The molecule has 1 amide bonds. The lowest BCUT2D eigenvalue weighted by molar-refractivity contribution is -0.115. The lowest BCUT2D eigenvalue weighted by Gasteiger charge is -2.16. The van der Waals surface area contributed by atoms with E-state index in [1.54, 1.807) is 19.1 Å². The summed E-state index contributed by atoms with van der Waals surface area (Å²) in [6.45, 7) is 4.83. The minimum atomic E-state index is -0.237. The molecule has 1 N–H and O–H groups in total. The van der Waals surface area contributed by atoms with Crippen LogP contribution in [0.4, 0.5) is 5.69 Å². The second-order valence-electron chi connectivity index (χ2n) is 4.91. The van der Waals surface area contributed by atoms with Crippen molar-refractivity contribution in [2.75, 3.05) is 25.6 Å². The summed E-state index contributed by atoms with van der Waals surface area (Å²) < 4.78 is 16.2. The van der Waals surface area contributed by atoms with Gasteiger partial charge < -0.3 is 19.5 Å². The zero-order chi connectivity index (χ0) is 14.8. The van der Waals surface area contributed by atoms with Gasteiger partial charge in [-0.2, -0.15) is 0 Å². The number of hydrogen-bond donors (Lipinski definition) is 1. The molecule has 1 aliphatic rings. The molecular formula is C14H18ClNO4. The SMILES string of the molecule is CCC(=O)Nc1cc(Cl)c(OC)cc1OCC1(C)CO1. The van der Waals surface area contributed by atoms with Crippen LogP contribution in [0.3, 0.4) is 0 Å². The molecule has 1 saturated heterocycles. The summed E-state index contributed by atoms with van der Waals surface area (Å²) >= 11 is 6.07. The van der Waals surface area contributed by atoms with Crippen LogP contribution in [0.1, 0.15) is 20.3 Å². The molecule has 0 aliphatic carbocycles. The van der Waals surface area contributed by atoms with Gasteiger partial charge in [-0.05, 0) is 13.0 Å². The lowest BCUT2D eigenvalue weighted by Crippen LogP contribution is -2.18. The van der Waals surface area contributed by atoms with E-state index < -0.39 is 0 Å². The minimum absolute atomic E-state index is 0.107. The standard InChI is InChI=1S/C14H18ClNO4/c1-4-13(17)16-10-5-9(15)11(18-3)6-12(10)19-7-14(2)8-20-14/h5-6H,4,7-8H2,1-3H3,(H,16,17). The summed E-state index contributed by atoms with van der Waals surface area (Å²) in [4.78, 5) is 11.5. The van der Waals surface area contributed by atoms with Crippen molar-refractivity contribution < 1.29 is 19.0 Å². The molecule has 5 nitrogen and oxygen atoms in total. The van der Waals surface area contributed by atoms with Crippen molar-refractivity contribution in [1.82, 2.24) is 0 Å². The van der Waals surface area contributed by atoms with Gasteiger partial charge >= 0.3 is 0 Å². The van der Waals surface area contributed by atoms with Gasteiger partial charge in [-0.3, -0.25) is 4.79 Å². The number of epoxide rings is 1. The molecule has 1 atom stereocenters. The molecule has 0 aromatic heterocycles. The first-order chi connectivity index (χ1) is 9.47. The predicted molar refractivity (Wildman–Crippen MR) is 76.8 cm³/mol. The van der Waals surface area contributed by atoms with Gasteiger partial charge in [0.05, 0.1) is 24.4 Å². The number of carbonyl (C=O) groups excluding carboxylic acids is 1.